The Bertz CT molecular complexity index is 952. The number of nitrogens with zero attached hydrogens (tertiary/aromatic N) is 1. The van der Waals surface area contributed by atoms with Crippen molar-refractivity contribution in [3.05, 3.63) is 76.8 Å². The molecule has 0 unspecified atom stereocenters. The number of hydrogen-bond donors (Lipinski definition) is 1. The van der Waals surface area contributed by atoms with E-state index >= 15 is 0 Å². The molecule has 0 heterocycles. The van der Waals surface area contributed by atoms with Gasteiger partial charge in [-0.1, -0.05) is 61.0 Å². The fourth-order valence-electron chi connectivity index (χ4n) is 2.74. The Morgan fingerprint density at radius 1 is 1.11 bits per heavy atom. The van der Waals surface area contributed by atoms with Gasteiger partial charge in [-0.25, -0.2) is 5.43 Å². The Hall–Kier alpha value is -2.85. The minimum absolute atomic E-state index is 0.190. The Morgan fingerprint density at radius 3 is 2.67 bits per heavy atom. The molecule has 27 heavy (non-hydrogen) atoms. The zero-order valence-electron chi connectivity index (χ0n) is 15.1. The number of fused-ring (bicyclic) bond motifs is 1. The number of carbonyl (C=O) groups is 1. The quantitative estimate of drug-likeness (QED) is 0.464. The molecule has 5 heteroatoms. The molecule has 0 radical (unpaired) electrons. The number of ether oxygens (including phenoxy) is 1. The molecule has 1 N–H and O–H groups in total. The molecule has 4 nitrogen and oxygen atoms in total. The molecule has 0 fully saturated rings. The van der Waals surface area contributed by atoms with Crippen LogP contribution in [0.3, 0.4) is 0 Å². The van der Waals surface area contributed by atoms with Crippen LogP contribution >= 0.6 is 11.6 Å². The number of carbonyl (C=O) groups excluding carboxylic acids is 1. The van der Waals surface area contributed by atoms with Gasteiger partial charge in [0.1, 0.15) is 5.75 Å². The van der Waals surface area contributed by atoms with Gasteiger partial charge >= 0.3 is 0 Å². The highest BCUT2D eigenvalue weighted by atomic mass is 35.5. The Labute approximate surface area is 163 Å². The van der Waals surface area contributed by atoms with Crippen LogP contribution in [0.2, 0.25) is 5.02 Å². The number of halogens is 1. The molecule has 138 valence electrons. The van der Waals surface area contributed by atoms with Gasteiger partial charge in [-0.15, -0.1) is 0 Å². The summed E-state index contributed by atoms with van der Waals surface area (Å²) in [5.74, 6) is 0.566. The molecule has 0 aliphatic rings. The second kappa shape index (κ2) is 9.19. The lowest BCUT2D eigenvalue weighted by molar-refractivity contribution is -0.120. The summed E-state index contributed by atoms with van der Waals surface area (Å²) in [4.78, 5) is 12.1. The molecule has 0 saturated heterocycles. The predicted octanol–water partition coefficient (Wildman–Crippen LogP) is 4.97. The highest BCUT2D eigenvalue weighted by Gasteiger charge is 2.07. The van der Waals surface area contributed by atoms with Crippen molar-refractivity contribution in [2.45, 2.75) is 19.8 Å². The van der Waals surface area contributed by atoms with Crippen LogP contribution < -0.4 is 10.2 Å². The van der Waals surface area contributed by atoms with E-state index in [4.69, 9.17) is 16.3 Å². The van der Waals surface area contributed by atoms with Crippen molar-refractivity contribution in [3.8, 4) is 5.75 Å². The second-order valence-corrected chi connectivity index (χ2v) is 6.58. The highest BCUT2D eigenvalue weighted by Crippen LogP contribution is 2.26. The third-order valence-corrected chi connectivity index (χ3v) is 4.31. The van der Waals surface area contributed by atoms with Crippen LogP contribution in [0.25, 0.3) is 10.8 Å². The van der Waals surface area contributed by atoms with E-state index in [1.807, 2.05) is 48.5 Å². The fraction of sp³-hybridized carbons (Fsp3) is 0.182. The van der Waals surface area contributed by atoms with E-state index < -0.39 is 0 Å². The molecule has 0 aliphatic heterocycles. The maximum Gasteiger partial charge on any atom is 0.244 e. The average Bonchev–Trinajstić information content (AvgIpc) is 2.69. The smallest absolute Gasteiger partial charge is 0.244 e. The number of hydrazone groups is 1. The number of benzene rings is 3. The molecule has 0 aliphatic carbocycles. The monoisotopic (exact) mass is 380 g/mol. The Morgan fingerprint density at radius 2 is 1.89 bits per heavy atom. The van der Waals surface area contributed by atoms with Crippen LogP contribution in [0, 0.1) is 0 Å². The summed E-state index contributed by atoms with van der Waals surface area (Å²) in [7, 11) is 0. The molecular formula is C22H21ClN2O2. The minimum Gasteiger partial charge on any atom is -0.493 e. The lowest BCUT2D eigenvalue weighted by Crippen LogP contribution is -2.19. The largest absolute Gasteiger partial charge is 0.493 e. The van der Waals surface area contributed by atoms with Gasteiger partial charge in [0.05, 0.1) is 19.2 Å². The summed E-state index contributed by atoms with van der Waals surface area (Å²) >= 11 is 5.86. The van der Waals surface area contributed by atoms with Crippen molar-refractivity contribution >= 4 is 34.5 Å². The van der Waals surface area contributed by atoms with Gasteiger partial charge in [-0.05, 0) is 41.0 Å². The van der Waals surface area contributed by atoms with Crippen LogP contribution in [-0.4, -0.2) is 18.7 Å². The number of rotatable bonds is 7. The van der Waals surface area contributed by atoms with E-state index in [0.717, 1.165) is 34.1 Å². The van der Waals surface area contributed by atoms with Gasteiger partial charge in [-0.3, -0.25) is 4.79 Å². The maximum absolute atomic E-state index is 12.1. The van der Waals surface area contributed by atoms with Crippen LogP contribution in [0.1, 0.15) is 24.5 Å². The number of nitrogens with one attached hydrogen (secondary N) is 1. The molecule has 0 atom stereocenters. The zero-order chi connectivity index (χ0) is 19.1. The summed E-state index contributed by atoms with van der Waals surface area (Å²) in [6, 6.07) is 19.2. The topological polar surface area (TPSA) is 50.7 Å². The van der Waals surface area contributed by atoms with Gasteiger partial charge in [0, 0.05) is 10.6 Å². The first kappa shape index (κ1) is 18.9. The zero-order valence-corrected chi connectivity index (χ0v) is 15.9. The van der Waals surface area contributed by atoms with E-state index in [-0.39, 0.29) is 12.3 Å². The standard InChI is InChI=1S/C22H21ClN2O2/c1-2-13-27-21-12-9-17-5-3-4-6-19(17)20(21)15-24-25-22(26)14-16-7-10-18(23)11-8-16/h3-12,15H,2,13-14H2,1H3,(H,25,26)/b24-15-. The van der Waals surface area contributed by atoms with E-state index in [1.165, 1.54) is 0 Å². The molecule has 1 amide bonds. The molecule has 3 aromatic rings. The molecule has 0 bridgehead atoms. The Balaban J connectivity index is 1.75. The highest BCUT2D eigenvalue weighted by molar-refractivity contribution is 6.30. The summed E-state index contributed by atoms with van der Waals surface area (Å²) in [6.45, 7) is 2.69. The van der Waals surface area contributed by atoms with Gasteiger partial charge in [-0.2, -0.15) is 5.10 Å². The molecule has 3 rings (SSSR count). The third-order valence-electron chi connectivity index (χ3n) is 4.05. The van der Waals surface area contributed by atoms with Gasteiger partial charge in [0.15, 0.2) is 0 Å². The van der Waals surface area contributed by atoms with Crippen LogP contribution in [0.15, 0.2) is 65.8 Å². The molecule has 0 aromatic heterocycles. The van der Waals surface area contributed by atoms with Crippen molar-refractivity contribution < 1.29 is 9.53 Å². The van der Waals surface area contributed by atoms with E-state index in [9.17, 15) is 4.79 Å². The average molecular weight is 381 g/mol. The number of amides is 1. The summed E-state index contributed by atoms with van der Waals surface area (Å²) in [5, 5.41) is 6.91. The Kier molecular flexibility index (Phi) is 6.44. The van der Waals surface area contributed by atoms with Crippen molar-refractivity contribution in [2.75, 3.05) is 6.61 Å². The van der Waals surface area contributed by atoms with Crippen molar-refractivity contribution in [3.63, 3.8) is 0 Å². The van der Waals surface area contributed by atoms with Crippen molar-refractivity contribution in [2.24, 2.45) is 5.10 Å². The second-order valence-electron chi connectivity index (χ2n) is 6.14. The van der Waals surface area contributed by atoms with E-state index in [2.05, 4.69) is 17.5 Å². The molecular weight excluding hydrogens is 360 g/mol. The van der Waals surface area contributed by atoms with Crippen LogP contribution in [0.5, 0.6) is 5.75 Å². The lowest BCUT2D eigenvalue weighted by Gasteiger charge is -2.11. The van der Waals surface area contributed by atoms with Crippen LogP contribution in [0.4, 0.5) is 0 Å². The van der Waals surface area contributed by atoms with Gasteiger partial charge in [0.25, 0.3) is 0 Å². The van der Waals surface area contributed by atoms with Crippen LogP contribution in [-0.2, 0) is 11.2 Å². The molecule has 3 aromatic carbocycles. The first-order chi connectivity index (χ1) is 13.2. The predicted molar refractivity (Wildman–Crippen MR) is 111 cm³/mol. The van der Waals surface area contributed by atoms with E-state index in [0.29, 0.717) is 11.6 Å². The summed E-state index contributed by atoms with van der Waals surface area (Å²) in [5.41, 5.74) is 4.32. The first-order valence-electron chi connectivity index (χ1n) is 8.88. The summed E-state index contributed by atoms with van der Waals surface area (Å²) in [6.07, 6.45) is 2.80. The fourth-order valence-corrected chi connectivity index (χ4v) is 2.87. The third kappa shape index (κ3) is 5.08. The normalized spacial score (nSPS) is 11.0. The summed E-state index contributed by atoms with van der Waals surface area (Å²) < 4.78 is 5.84. The van der Waals surface area contributed by atoms with Crippen molar-refractivity contribution in [1.82, 2.24) is 5.43 Å². The van der Waals surface area contributed by atoms with E-state index in [1.54, 1.807) is 18.3 Å². The molecule has 0 saturated carbocycles. The first-order valence-corrected chi connectivity index (χ1v) is 9.26. The van der Waals surface area contributed by atoms with Crippen molar-refractivity contribution in [1.29, 1.82) is 0 Å². The maximum atomic E-state index is 12.1. The molecule has 0 spiro atoms. The van der Waals surface area contributed by atoms with Gasteiger partial charge < -0.3 is 4.74 Å². The SMILES string of the molecule is CCCOc1ccc2ccccc2c1/C=N\NC(=O)Cc1ccc(Cl)cc1. The number of hydrogen-bond acceptors (Lipinski definition) is 3. The van der Waals surface area contributed by atoms with Gasteiger partial charge in [0.2, 0.25) is 5.91 Å². The minimum atomic E-state index is -0.190. The lowest BCUT2D eigenvalue weighted by atomic mass is 10.0.